The summed E-state index contributed by atoms with van der Waals surface area (Å²) < 4.78 is 4.72. The number of ether oxygens (including phenoxy) is 1. The van der Waals surface area contributed by atoms with E-state index in [1.54, 1.807) is 0 Å². The van der Waals surface area contributed by atoms with E-state index in [4.69, 9.17) is 4.74 Å². The SMILES string of the molecule is COCC(=O)CC1CCCC1O. The third-order valence-electron chi connectivity index (χ3n) is 2.41. The van der Waals surface area contributed by atoms with Gasteiger partial charge >= 0.3 is 0 Å². The number of hydrogen-bond acceptors (Lipinski definition) is 3. The Hall–Kier alpha value is -0.410. The molecule has 1 rings (SSSR count). The molecule has 1 saturated carbocycles. The highest BCUT2D eigenvalue weighted by Crippen LogP contribution is 2.28. The lowest BCUT2D eigenvalue weighted by Crippen LogP contribution is -2.19. The summed E-state index contributed by atoms with van der Waals surface area (Å²) in [7, 11) is 1.52. The molecule has 0 aliphatic heterocycles. The molecule has 1 aliphatic carbocycles. The second kappa shape index (κ2) is 4.58. The summed E-state index contributed by atoms with van der Waals surface area (Å²) in [6.07, 6.45) is 3.11. The second-order valence-corrected chi connectivity index (χ2v) is 3.43. The Kier molecular flexibility index (Phi) is 3.69. The molecule has 0 spiro atoms. The zero-order chi connectivity index (χ0) is 8.97. The molecule has 1 N–H and O–H groups in total. The average molecular weight is 172 g/mol. The number of aliphatic hydroxyl groups excluding tert-OH is 1. The lowest BCUT2D eigenvalue weighted by Gasteiger charge is -2.12. The molecule has 1 fully saturated rings. The van der Waals surface area contributed by atoms with Crippen molar-refractivity contribution in [3.63, 3.8) is 0 Å². The van der Waals surface area contributed by atoms with Gasteiger partial charge in [-0.15, -0.1) is 0 Å². The Labute approximate surface area is 72.7 Å². The first kappa shape index (κ1) is 9.68. The van der Waals surface area contributed by atoms with Crippen LogP contribution in [-0.4, -0.2) is 30.7 Å². The molecule has 0 aromatic heterocycles. The summed E-state index contributed by atoms with van der Waals surface area (Å²) in [5, 5.41) is 9.41. The molecule has 3 heteroatoms. The van der Waals surface area contributed by atoms with Crippen molar-refractivity contribution in [3.05, 3.63) is 0 Å². The summed E-state index contributed by atoms with van der Waals surface area (Å²) in [6.45, 7) is 0.184. The van der Waals surface area contributed by atoms with Crippen LogP contribution < -0.4 is 0 Å². The number of carbonyl (C=O) groups is 1. The number of hydrogen-bond donors (Lipinski definition) is 1. The zero-order valence-corrected chi connectivity index (χ0v) is 7.45. The standard InChI is InChI=1S/C9H16O3/c1-12-6-8(10)5-7-3-2-4-9(7)11/h7,9,11H,2-6H2,1H3. The van der Waals surface area contributed by atoms with Gasteiger partial charge in [0.25, 0.3) is 0 Å². The van der Waals surface area contributed by atoms with Crippen molar-refractivity contribution >= 4 is 5.78 Å². The van der Waals surface area contributed by atoms with Gasteiger partial charge in [-0.2, -0.15) is 0 Å². The summed E-state index contributed by atoms with van der Waals surface area (Å²) >= 11 is 0. The smallest absolute Gasteiger partial charge is 0.158 e. The van der Waals surface area contributed by atoms with Crippen LogP contribution in [0.5, 0.6) is 0 Å². The summed E-state index contributed by atoms with van der Waals surface area (Å²) in [4.78, 5) is 11.1. The van der Waals surface area contributed by atoms with Crippen molar-refractivity contribution in [2.45, 2.75) is 31.8 Å². The lowest BCUT2D eigenvalue weighted by atomic mass is 9.99. The number of Topliss-reactive ketones (excluding diaryl/α,β-unsaturated/α-hetero) is 1. The van der Waals surface area contributed by atoms with Crippen molar-refractivity contribution in [1.82, 2.24) is 0 Å². The number of methoxy groups -OCH3 is 1. The van der Waals surface area contributed by atoms with E-state index in [2.05, 4.69) is 0 Å². The molecule has 3 nitrogen and oxygen atoms in total. The fraction of sp³-hybridized carbons (Fsp3) is 0.889. The van der Waals surface area contributed by atoms with Crippen LogP contribution in [0.25, 0.3) is 0 Å². The average Bonchev–Trinajstić information content (AvgIpc) is 2.37. The molecule has 0 bridgehead atoms. The van der Waals surface area contributed by atoms with Gasteiger partial charge in [-0.3, -0.25) is 4.79 Å². The summed E-state index contributed by atoms with van der Waals surface area (Å²) in [5.41, 5.74) is 0. The Bertz CT molecular complexity index is 156. The van der Waals surface area contributed by atoms with Crippen LogP contribution in [0.4, 0.5) is 0 Å². The number of rotatable bonds is 4. The molecule has 0 amide bonds. The van der Waals surface area contributed by atoms with E-state index < -0.39 is 0 Å². The first-order valence-electron chi connectivity index (χ1n) is 4.42. The molecular weight excluding hydrogens is 156 g/mol. The predicted octanol–water partition coefficient (Wildman–Crippen LogP) is 0.753. The van der Waals surface area contributed by atoms with Crippen LogP contribution >= 0.6 is 0 Å². The van der Waals surface area contributed by atoms with Gasteiger partial charge in [0, 0.05) is 13.5 Å². The number of aliphatic hydroxyl groups is 1. The van der Waals surface area contributed by atoms with Crippen molar-refractivity contribution in [2.75, 3.05) is 13.7 Å². The van der Waals surface area contributed by atoms with Crippen LogP contribution in [0.3, 0.4) is 0 Å². The first-order valence-corrected chi connectivity index (χ1v) is 4.42. The van der Waals surface area contributed by atoms with Crippen molar-refractivity contribution in [3.8, 4) is 0 Å². The third-order valence-corrected chi connectivity index (χ3v) is 2.41. The molecule has 1 aliphatic rings. The van der Waals surface area contributed by atoms with Gasteiger partial charge < -0.3 is 9.84 Å². The van der Waals surface area contributed by atoms with E-state index in [-0.39, 0.29) is 24.4 Å². The van der Waals surface area contributed by atoms with Crippen molar-refractivity contribution in [2.24, 2.45) is 5.92 Å². The largest absolute Gasteiger partial charge is 0.393 e. The first-order chi connectivity index (χ1) is 5.74. The maximum Gasteiger partial charge on any atom is 0.158 e. The number of carbonyl (C=O) groups excluding carboxylic acids is 1. The Morgan fingerprint density at radius 1 is 1.58 bits per heavy atom. The van der Waals surface area contributed by atoms with E-state index in [9.17, 15) is 9.90 Å². The van der Waals surface area contributed by atoms with Gasteiger partial charge in [-0.1, -0.05) is 6.42 Å². The van der Waals surface area contributed by atoms with Gasteiger partial charge in [-0.05, 0) is 18.8 Å². The van der Waals surface area contributed by atoms with Crippen LogP contribution in [-0.2, 0) is 9.53 Å². The lowest BCUT2D eigenvalue weighted by molar-refractivity contribution is -0.124. The summed E-state index contributed by atoms with van der Waals surface area (Å²) in [5.74, 6) is 0.288. The minimum absolute atomic E-state index is 0.100. The van der Waals surface area contributed by atoms with Crippen molar-refractivity contribution < 1.29 is 14.6 Å². The highest BCUT2D eigenvalue weighted by atomic mass is 16.5. The maximum absolute atomic E-state index is 11.1. The molecule has 0 radical (unpaired) electrons. The van der Waals surface area contributed by atoms with Crippen LogP contribution in [0.1, 0.15) is 25.7 Å². The monoisotopic (exact) mass is 172 g/mol. The quantitative estimate of drug-likeness (QED) is 0.680. The summed E-state index contributed by atoms with van der Waals surface area (Å²) in [6, 6.07) is 0. The molecule has 70 valence electrons. The van der Waals surface area contributed by atoms with E-state index in [1.165, 1.54) is 7.11 Å². The maximum atomic E-state index is 11.1. The van der Waals surface area contributed by atoms with Gasteiger partial charge in [0.1, 0.15) is 6.61 Å². The normalized spacial score (nSPS) is 29.2. The third kappa shape index (κ3) is 2.57. The molecule has 0 saturated heterocycles. The predicted molar refractivity (Wildman–Crippen MR) is 44.8 cm³/mol. The fourth-order valence-corrected chi connectivity index (χ4v) is 1.77. The van der Waals surface area contributed by atoms with Crippen LogP contribution in [0.2, 0.25) is 0 Å². The molecular formula is C9H16O3. The molecule has 2 unspecified atom stereocenters. The topological polar surface area (TPSA) is 46.5 Å². The van der Waals surface area contributed by atoms with Crippen LogP contribution in [0.15, 0.2) is 0 Å². The van der Waals surface area contributed by atoms with E-state index in [0.29, 0.717) is 6.42 Å². The second-order valence-electron chi connectivity index (χ2n) is 3.43. The fourth-order valence-electron chi connectivity index (χ4n) is 1.77. The number of ketones is 1. The zero-order valence-electron chi connectivity index (χ0n) is 7.45. The minimum Gasteiger partial charge on any atom is -0.393 e. The highest BCUT2D eigenvalue weighted by molar-refractivity contribution is 5.79. The van der Waals surface area contributed by atoms with Gasteiger partial charge in [0.2, 0.25) is 0 Å². The molecule has 0 heterocycles. The minimum atomic E-state index is -0.259. The Balaban J connectivity index is 2.25. The van der Waals surface area contributed by atoms with E-state index in [1.807, 2.05) is 0 Å². The van der Waals surface area contributed by atoms with E-state index in [0.717, 1.165) is 19.3 Å². The molecule has 0 aromatic rings. The molecule has 2 atom stereocenters. The highest BCUT2D eigenvalue weighted by Gasteiger charge is 2.26. The van der Waals surface area contributed by atoms with Gasteiger partial charge in [0.05, 0.1) is 6.10 Å². The Morgan fingerprint density at radius 2 is 2.33 bits per heavy atom. The molecule has 12 heavy (non-hydrogen) atoms. The Morgan fingerprint density at radius 3 is 2.83 bits per heavy atom. The molecule has 0 aromatic carbocycles. The van der Waals surface area contributed by atoms with Crippen molar-refractivity contribution in [1.29, 1.82) is 0 Å². The van der Waals surface area contributed by atoms with Crippen LogP contribution in [0, 0.1) is 5.92 Å². The van der Waals surface area contributed by atoms with Gasteiger partial charge in [0.15, 0.2) is 5.78 Å². The van der Waals surface area contributed by atoms with E-state index >= 15 is 0 Å². The van der Waals surface area contributed by atoms with Gasteiger partial charge in [-0.25, -0.2) is 0 Å².